The fourth-order valence-corrected chi connectivity index (χ4v) is 3.24. The smallest absolute Gasteiger partial charge is 0.326 e. The molecule has 0 spiro atoms. The Morgan fingerprint density at radius 3 is 1.77 bits per heavy atom. The van der Waals surface area contributed by atoms with Crippen LogP contribution in [-0.4, -0.2) is 72.0 Å². The second-order valence-electron chi connectivity index (χ2n) is 9.20. The molecule has 13 heteroatoms. The molecule has 0 aliphatic heterocycles. The van der Waals surface area contributed by atoms with Crippen LogP contribution in [0.5, 0.6) is 0 Å². The Hall–Kier alpha value is -2.93. The molecule has 0 aliphatic rings. The number of rotatable bonds is 17. The van der Waals surface area contributed by atoms with Crippen LogP contribution in [-0.2, 0) is 19.2 Å². The molecule has 12 N–H and O–H groups in total. The average molecular weight is 501 g/mol. The molecule has 0 aromatic heterocycles. The summed E-state index contributed by atoms with van der Waals surface area (Å²) in [5.41, 5.74) is 21.9. The molecule has 13 nitrogen and oxygen atoms in total. The lowest BCUT2D eigenvalue weighted by Gasteiger charge is -2.28. The first kappa shape index (κ1) is 32.1. The van der Waals surface area contributed by atoms with Crippen LogP contribution in [0.15, 0.2) is 4.99 Å². The summed E-state index contributed by atoms with van der Waals surface area (Å²) >= 11 is 0. The summed E-state index contributed by atoms with van der Waals surface area (Å²) in [6, 6.07) is -3.90. The van der Waals surface area contributed by atoms with Crippen LogP contribution < -0.4 is 38.9 Å². The number of guanidine groups is 1. The zero-order chi connectivity index (χ0) is 27.1. The van der Waals surface area contributed by atoms with E-state index in [1.807, 2.05) is 0 Å². The number of nitrogens with one attached hydrogen (secondary N) is 3. The van der Waals surface area contributed by atoms with Gasteiger partial charge < -0.3 is 44.0 Å². The third-order valence-corrected chi connectivity index (χ3v) is 5.36. The van der Waals surface area contributed by atoms with Crippen molar-refractivity contribution in [2.24, 2.45) is 39.8 Å². The number of carbonyl (C=O) groups excluding carboxylic acids is 3. The zero-order valence-electron chi connectivity index (χ0n) is 21.3. The normalized spacial score (nSPS) is 14.5. The van der Waals surface area contributed by atoms with E-state index in [1.54, 1.807) is 27.7 Å². The summed E-state index contributed by atoms with van der Waals surface area (Å²) < 4.78 is 0. The van der Waals surface area contributed by atoms with Crippen molar-refractivity contribution < 1.29 is 24.3 Å². The molecule has 35 heavy (non-hydrogen) atoms. The molecule has 0 radical (unpaired) electrons. The van der Waals surface area contributed by atoms with E-state index in [4.69, 9.17) is 22.9 Å². The highest BCUT2D eigenvalue weighted by Crippen LogP contribution is 2.09. The Balaban J connectivity index is 5.19. The Morgan fingerprint density at radius 1 is 0.800 bits per heavy atom. The SMILES string of the molecule is CC(C)C(NC(=O)C(N)CCCN=C(N)N)C(=O)NC(C(=O)NC(CCCCN)C(=O)O)C(C)C. The Bertz CT molecular complexity index is 725. The predicted molar refractivity (Wildman–Crippen MR) is 134 cm³/mol. The molecular weight excluding hydrogens is 456 g/mol. The first-order chi connectivity index (χ1) is 16.3. The quantitative estimate of drug-likeness (QED) is 0.0646. The summed E-state index contributed by atoms with van der Waals surface area (Å²) in [5.74, 6) is -3.53. The molecule has 0 fully saturated rings. The number of carboxylic acid groups (broad SMARTS) is 1. The van der Waals surface area contributed by atoms with E-state index < -0.39 is 47.9 Å². The maximum atomic E-state index is 13.0. The molecule has 0 aromatic carbocycles. The lowest BCUT2D eigenvalue weighted by atomic mass is 9.98. The minimum atomic E-state index is -1.16. The topological polar surface area (TPSA) is 241 Å². The largest absolute Gasteiger partial charge is 0.480 e. The van der Waals surface area contributed by atoms with Crippen LogP contribution in [0.2, 0.25) is 0 Å². The van der Waals surface area contributed by atoms with Crippen LogP contribution in [0.25, 0.3) is 0 Å². The van der Waals surface area contributed by atoms with Gasteiger partial charge in [-0.15, -0.1) is 0 Å². The van der Waals surface area contributed by atoms with Crippen molar-refractivity contribution in [3.8, 4) is 0 Å². The molecule has 0 saturated carbocycles. The van der Waals surface area contributed by atoms with Crippen molar-refractivity contribution in [1.82, 2.24) is 16.0 Å². The third kappa shape index (κ3) is 12.9. The summed E-state index contributed by atoms with van der Waals surface area (Å²) in [6.07, 6.45) is 2.20. The number of hydrogen-bond acceptors (Lipinski definition) is 7. The van der Waals surface area contributed by atoms with Gasteiger partial charge in [0.1, 0.15) is 18.1 Å². The van der Waals surface area contributed by atoms with Crippen LogP contribution in [0.1, 0.15) is 59.8 Å². The molecule has 4 atom stereocenters. The molecule has 0 aromatic rings. The van der Waals surface area contributed by atoms with Gasteiger partial charge in [-0.05, 0) is 50.5 Å². The third-order valence-electron chi connectivity index (χ3n) is 5.36. The van der Waals surface area contributed by atoms with Gasteiger partial charge >= 0.3 is 5.97 Å². The lowest BCUT2D eigenvalue weighted by Crippen LogP contribution is -2.59. The maximum absolute atomic E-state index is 13.0. The predicted octanol–water partition coefficient (Wildman–Crippen LogP) is -1.65. The van der Waals surface area contributed by atoms with Crippen molar-refractivity contribution in [2.45, 2.75) is 84.0 Å². The number of aliphatic carboxylic acids is 1. The van der Waals surface area contributed by atoms with Crippen molar-refractivity contribution in [3.63, 3.8) is 0 Å². The van der Waals surface area contributed by atoms with Crippen molar-refractivity contribution in [1.29, 1.82) is 0 Å². The van der Waals surface area contributed by atoms with E-state index in [2.05, 4.69) is 20.9 Å². The molecule has 3 amide bonds. The van der Waals surface area contributed by atoms with Crippen LogP contribution in [0.4, 0.5) is 0 Å². The van der Waals surface area contributed by atoms with Gasteiger partial charge in [0.25, 0.3) is 0 Å². The first-order valence-corrected chi connectivity index (χ1v) is 12.0. The molecule has 202 valence electrons. The molecule has 0 bridgehead atoms. The molecule has 0 heterocycles. The summed E-state index contributed by atoms with van der Waals surface area (Å²) in [4.78, 5) is 53.7. The number of nitrogens with zero attached hydrogens (tertiary/aromatic N) is 1. The summed E-state index contributed by atoms with van der Waals surface area (Å²) in [7, 11) is 0. The first-order valence-electron chi connectivity index (χ1n) is 12.0. The number of aliphatic imine (C=N–C) groups is 1. The number of unbranched alkanes of at least 4 members (excludes halogenated alkanes) is 1. The monoisotopic (exact) mass is 500 g/mol. The van der Waals surface area contributed by atoms with Gasteiger partial charge in [0, 0.05) is 6.54 Å². The number of carbonyl (C=O) groups is 4. The number of amides is 3. The van der Waals surface area contributed by atoms with Gasteiger partial charge in [0.2, 0.25) is 17.7 Å². The Labute approximate surface area is 207 Å². The van der Waals surface area contributed by atoms with Crippen LogP contribution >= 0.6 is 0 Å². The van der Waals surface area contributed by atoms with Gasteiger partial charge in [-0.3, -0.25) is 19.4 Å². The molecule has 0 aliphatic carbocycles. The summed E-state index contributed by atoms with van der Waals surface area (Å²) in [5, 5.41) is 17.2. The lowest BCUT2D eigenvalue weighted by molar-refractivity contribution is -0.143. The molecule has 0 rings (SSSR count). The Kier molecular flexibility index (Phi) is 15.3. The minimum Gasteiger partial charge on any atom is -0.480 e. The number of carboxylic acids is 1. The second kappa shape index (κ2) is 16.7. The Morgan fingerprint density at radius 2 is 1.31 bits per heavy atom. The second-order valence-corrected chi connectivity index (χ2v) is 9.20. The highest BCUT2D eigenvalue weighted by molar-refractivity contribution is 5.94. The fourth-order valence-electron chi connectivity index (χ4n) is 3.24. The molecule has 0 saturated heterocycles. The number of nitrogens with two attached hydrogens (primary N) is 4. The highest BCUT2D eigenvalue weighted by atomic mass is 16.4. The standard InChI is InChI=1S/C22H44N8O5/c1-12(2)16(19(32)28-15(21(34)35)9-5-6-10-23)30-20(33)17(13(3)4)29-18(31)14(24)8-7-11-27-22(25)26/h12-17H,5-11,23-24H2,1-4H3,(H,28,32)(H,29,31)(H,30,33)(H,34,35)(H4,25,26,27). The maximum Gasteiger partial charge on any atom is 0.326 e. The summed E-state index contributed by atoms with van der Waals surface area (Å²) in [6.45, 7) is 7.70. The fraction of sp³-hybridized carbons (Fsp3) is 0.773. The van der Waals surface area contributed by atoms with Crippen molar-refractivity contribution in [3.05, 3.63) is 0 Å². The average Bonchev–Trinajstić information content (AvgIpc) is 2.76. The van der Waals surface area contributed by atoms with Gasteiger partial charge in [-0.1, -0.05) is 27.7 Å². The van der Waals surface area contributed by atoms with Gasteiger partial charge in [-0.2, -0.15) is 0 Å². The van der Waals surface area contributed by atoms with E-state index in [0.717, 1.165) is 0 Å². The van der Waals surface area contributed by atoms with Crippen molar-refractivity contribution >= 4 is 29.7 Å². The molecule has 4 unspecified atom stereocenters. The van der Waals surface area contributed by atoms with E-state index in [9.17, 15) is 24.3 Å². The van der Waals surface area contributed by atoms with E-state index in [1.165, 1.54) is 0 Å². The number of hydrogen-bond donors (Lipinski definition) is 8. The van der Waals surface area contributed by atoms with E-state index >= 15 is 0 Å². The van der Waals surface area contributed by atoms with E-state index in [-0.39, 0.29) is 24.2 Å². The van der Waals surface area contributed by atoms with Gasteiger partial charge in [0.05, 0.1) is 6.04 Å². The molecular formula is C22H44N8O5. The highest BCUT2D eigenvalue weighted by Gasteiger charge is 2.32. The zero-order valence-corrected chi connectivity index (χ0v) is 21.3. The van der Waals surface area contributed by atoms with E-state index in [0.29, 0.717) is 38.8 Å². The van der Waals surface area contributed by atoms with Crippen molar-refractivity contribution in [2.75, 3.05) is 13.1 Å². The van der Waals surface area contributed by atoms with Gasteiger partial charge in [-0.25, -0.2) is 4.79 Å². The van der Waals surface area contributed by atoms with Crippen LogP contribution in [0, 0.1) is 11.8 Å². The minimum absolute atomic E-state index is 0.0476. The van der Waals surface area contributed by atoms with Gasteiger partial charge in [0.15, 0.2) is 5.96 Å². The van der Waals surface area contributed by atoms with Crippen LogP contribution in [0.3, 0.4) is 0 Å².